The quantitative estimate of drug-likeness (QED) is 0.273. The minimum absolute atomic E-state index is 0.185. The Labute approximate surface area is 243 Å². The van der Waals surface area contributed by atoms with Gasteiger partial charge in [-0.05, 0) is 72.0 Å². The second-order valence-corrected chi connectivity index (χ2v) is 15.9. The molecule has 10 heteroatoms. The summed E-state index contributed by atoms with van der Waals surface area (Å²) in [4.78, 5) is 0.185. The van der Waals surface area contributed by atoms with Crippen molar-refractivity contribution in [2.24, 2.45) is 5.92 Å². The highest BCUT2D eigenvalue weighted by Crippen LogP contribution is 2.30. The predicted octanol–water partition coefficient (Wildman–Crippen LogP) is 6.13. The molecule has 1 saturated carbocycles. The van der Waals surface area contributed by atoms with Gasteiger partial charge in [-0.2, -0.15) is 4.31 Å². The summed E-state index contributed by atoms with van der Waals surface area (Å²) in [6, 6.07) is 16.2. The topological polar surface area (TPSA) is 95.6 Å². The molecule has 0 amide bonds. The number of hydrogen-bond acceptors (Lipinski definition) is 6. The first-order chi connectivity index (χ1) is 19.2. The SMILES string of the molecule is C[C@@H](CC1CCCCCC1)NCc1ccccc1NS(=O)(=O)c1ccc2c(c1)CCN(S(=O)(=O)c1cccs1)C2. The van der Waals surface area contributed by atoms with E-state index in [1.165, 1.54) is 54.2 Å². The van der Waals surface area contributed by atoms with Crippen molar-refractivity contribution < 1.29 is 16.8 Å². The lowest BCUT2D eigenvalue weighted by atomic mass is 9.93. The van der Waals surface area contributed by atoms with Gasteiger partial charge in [0.15, 0.2) is 0 Å². The van der Waals surface area contributed by atoms with E-state index in [-0.39, 0.29) is 11.4 Å². The summed E-state index contributed by atoms with van der Waals surface area (Å²) in [5.41, 5.74) is 3.18. The van der Waals surface area contributed by atoms with E-state index in [0.29, 0.717) is 35.4 Å². The van der Waals surface area contributed by atoms with Gasteiger partial charge in [-0.3, -0.25) is 4.72 Å². The molecule has 0 spiro atoms. The minimum atomic E-state index is -3.82. The van der Waals surface area contributed by atoms with E-state index in [1.54, 1.807) is 41.8 Å². The molecule has 0 bridgehead atoms. The van der Waals surface area contributed by atoms with Gasteiger partial charge in [0.05, 0.1) is 10.6 Å². The van der Waals surface area contributed by atoms with Crippen LogP contribution in [-0.2, 0) is 39.6 Å². The van der Waals surface area contributed by atoms with Crippen LogP contribution >= 0.6 is 11.3 Å². The van der Waals surface area contributed by atoms with Gasteiger partial charge in [-0.1, -0.05) is 68.9 Å². The fourth-order valence-electron chi connectivity index (χ4n) is 5.86. The third-order valence-electron chi connectivity index (χ3n) is 8.12. The van der Waals surface area contributed by atoms with E-state index >= 15 is 0 Å². The summed E-state index contributed by atoms with van der Waals surface area (Å²) in [5, 5.41) is 5.36. The van der Waals surface area contributed by atoms with E-state index in [9.17, 15) is 16.8 Å². The molecule has 2 N–H and O–H groups in total. The van der Waals surface area contributed by atoms with E-state index in [1.807, 2.05) is 18.2 Å². The molecule has 0 saturated heterocycles. The van der Waals surface area contributed by atoms with Crippen LogP contribution in [0.1, 0.15) is 68.6 Å². The molecular weight excluding hydrogens is 563 g/mol. The van der Waals surface area contributed by atoms with E-state index in [4.69, 9.17) is 0 Å². The third-order valence-corrected chi connectivity index (χ3v) is 12.7. The van der Waals surface area contributed by atoms with Crippen LogP contribution < -0.4 is 10.0 Å². The zero-order valence-corrected chi connectivity index (χ0v) is 25.5. The van der Waals surface area contributed by atoms with E-state index in [2.05, 4.69) is 17.0 Å². The van der Waals surface area contributed by atoms with Crippen LogP contribution in [0.4, 0.5) is 5.69 Å². The number of fused-ring (bicyclic) bond motifs is 1. The Morgan fingerprint density at radius 3 is 2.48 bits per heavy atom. The van der Waals surface area contributed by atoms with Crippen LogP contribution in [0.5, 0.6) is 0 Å². The highest BCUT2D eigenvalue weighted by atomic mass is 32.2. The Hall–Kier alpha value is -2.24. The molecule has 0 unspecified atom stereocenters. The third kappa shape index (κ3) is 6.97. The number of para-hydroxylation sites is 1. The lowest BCUT2D eigenvalue weighted by molar-refractivity contribution is 0.363. The molecule has 1 fully saturated rings. The summed E-state index contributed by atoms with van der Waals surface area (Å²) < 4.78 is 57.3. The Morgan fingerprint density at radius 1 is 0.950 bits per heavy atom. The van der Waals surface area contributed by atoms with Crippen molar-refractivity contribution in [2.45, 2.75) is 86.5 Å². The molecule has 7 nitrogen and oxygen atoms in total. The smallest absolute Gasteiger partial charge is 0.261 e. The van der Waals surface area contributed by atoms with Crippen LogP contribution in [0, 0.1) is 5.92 Å². The Bertz CT molecular complexity index is 1500. The van der Waals surface area contributed by atoms with Crippen LogP contribution in [0.15, 0.2) is 69.1 Å². The minimum Gasteiger partial charge on any atom is -0.310 e. The van der Waals surface area contributed by atoms with Gasteiger partial charge in [-0.15, -0.1) is 11.3 Å². The number of sulfonamides is 2. The molecule has 5 rings (SSSR count). The lowest BCUT2D eigenvalue weighted by Crippen LogP contribution is -2.35. The Balaban J connectivity index is 1.24. The maximum absolute atomic E-state index is 13.4. The number of benzene rings is 2. The molecule has 1 aromatic heterocycles. The van der Waals surface area contributed by atoms with Gasteiger partial charge < -0.3 is 5.32 Å². The molecule has 2 heterocycles. The van der Waals surface area contributed by atoms with Crippen LogP contribution in [0.25, 0.3) is 0 Å². The molecule has 3 aromatic rings. The molecule has 216 valence electrons. The second-order valence-electron chi connectivity index (χ2n) is 11.1. The number of nitrogens with one attached hydrogen (secondary N) is 2. The zero-order chi connectivity index (χ0) is 28.2. The fourth-order valence-corrected chi connectivity index (χ4v) is 9.57. The van der Waals surface area contributed by atoms with Crippen LogP contribution in [0.3, 0.4) is 0 Å². The number of rotatable bonds is 10. The monoisotopic (exact) mass is 601 g/mol. The maximum Gasteiger partial charge on any atom is 0.261 e. The Kier molecular flexibility index (Phi) is 9.31. The largest absolute Gasteiger partial charge is 0.310 e. The van der Waals surface area contributed by atoms with E-state index in [0.717, 1.165) is 29.0 Å². The van der Waals surface area contributed by atoms with Crippen molar-refractivity contribution >= 4 is 37.1 Å². The molecule has 40 heavy (non-hydrogen) atoms. The van der Waals surface area contributed by atoms with Gasteiger partial charge in [0.1, 0.15) is 4.21 Å². The van der Waals surface area contributed by atoms with Crippen molar-refractivity contribution in [2.75, 3.05) is 11.3 Å². The first kappa shape index (κ1) is 29.3. The van der Waals surface area contributed by atoms with Crippen molar-refractivity contribution in [3.63, 3.8) is 0 Å². The first-order valence-corrected chi connectivity index (χ1v) is 18.0. The van der Waals surface area contributed by atoms with Gasteiger partial charge in [-0.25, -0.2) is 16.8 Å². The molecule has 1 atom stereocenters. The van der Waals surface area contributed by atoms with Crippen molar-refractivity contribution in [1.29, 1.82) is 0 Å². The van der Waals surface area contributed by atoms with E-state index < -0.39 is 20.0 Å². The summed E-state index contributed by atoms with van der Waals surface area (Å²) in [6.45, 7) is 3.36. The summed E-state index contributed by atoms with van der Waals surface area (Å²) >= 11 is 1.20. The predicted molar refractivity (Wildman–Crippen MR) is 161 cm³/mol. The normalized spacial score (nSPS) is 18.1. The highest BCUT2D eigenvalue weighted by molar-refractivity contribution is 7.92. The van der Waals surface area contributed by atoms with Crippen LogP contribution in [-0.4, -0.2) is 33.7 Å². The summed E-state index contributed by atoms with van der Waals surface area (Å²) in [7, 11) is -7.37. The van der Waals surface area contributed by atoms with Crippen molar-refractivity contribution in [3.05, 3.63) is 76.7 Å². The van der Waals surface area contributed by atoms with Crippen molar-refractivity contribution in [1.82, 2.24) is 9.62 Å². The number of anilines is 1. The van der Waals surface area contributed by atoms with Gasteiger partial charge >= 0.3 is 0 Å². The second kappa shape index (κ2) is 12.7. The van der Waals surface area contributed by atoms with Crippen LogP contribution in [0.2, 0.25) is 0 Å². The molecular formula is C30H39N3O4S3. The van der Waals surface area contributed by atoms with Gasteiger partial charge in [0.2, 0.25) is 0 Å². The molecule has 1 aliphatic carbocycles. The summed E-state index contributed by atoms with van der Waals surface area (Å²) in [6.07, 6.45) is 9.60. The number of thiophene rings is 1. The molecule has 2 aliphatic rings. The average Bonchev–Trinajstić information content (AvgIpc) is 3.38. The first-order valence-electron chi connectivity index (χ1n) is 14.2. The molecule has 2 aromatic carbocycles. The number of nitrogens with zero attached hydrogens (tertiary/aromatic N) is 1. The van der Waals surface area contributed by atoms with Crippen molar-refractivity contribution in [3.8, 4) is 0 Å². The fraction of sp³-hybridized carbons (Fsp3) is 0.467. The summed E-state index contributed by atoms with van der Waals surface area (Å²) in [5.74, 6) is 0.769. The van der Waals surface area contributed by atoms with Gasteiger partial charge in [0.25, 0.3) is 20.0 Å². The Morgan fingerprint density at radius 2 is 1.73 bits per heavy atom. The number of hydrogen-bond donors (Lipinski definition) is 2. The maximum atomic E-state index is 13.4. The molecule has 0 radical (unpaired) electrons. The lowest BCUT2D eigenvalue weighted by Gasteiger charge is -2.28. The highest BCUT2D eigenvalue weighted by Gasteiger charge is 2.30. The molecule has 1 aliphatic heterocycles. The standard InChI is InChI=1S/C30H39N3O4S3/c1-23(19-24-9-4-2-3-5-10-24)31-21-26-11-6-7-12-29(26)32-39(34,35)28-15-14-27-22-33(17-16-25(27)20-28)40(36,37)30-13-8-18-38-30/h6-8,11-15,18,20,23-24,31-32H,2-5,9-10,16-17,19,21-22H2,1H3/t23-/m0/s1. The van der Waals surface area contributed by atoms with Gasteiger partial charge in [0, 0.05) is 25.7 Å². The zero-order valence-electron chi connectivity index (χ0n) is 23.0. The average molecular weight is 602 g/mol.